The molecule has 3 rings (SSSR count). The van der Waals surface area contributed by atoms with Crippen LogP contribution < -0.4 is 0 Å². The van der Waals surface area contributed by atoms with Crippen LogP contribution in [0.3, 0.4) is 0 Å². The number of methoxy groups -OCH3 is 1. The highest BCUT2D eigenvalue weighted by molar-refractivity contribution is 5.92. The van der Waals surface area contributed by atoms with Crippen LogP contribution in [0.5, 0.6) is 0 Å². The number of aromatic nitrogens is 2. The third-order valence-corrected chi connectivity index (χ3v) is 4.28. The van der Waals surface area contributed by atoms with E-state index in [2.05, 4.69) is 4.98 Å². The summed E-state index contributed by atoms with van der Waals surface area (Å²) in [7, 11) is 1.36. The van der Waals surface area contributed by atoms with Gasteiger partial charge in [-0.05, 0) is 63.1 Å². The highest BCUT2D eigenvalue weighted by atomic mass is 16.6. The molecule has 6 heteroatoms. The molecule has 0 aliphatic carbocycles. The number of ether oxygens (including phenoxy) is 2. The molecule has 0 bridgehead atoms. The smallest absolute Gasteiger partial charge is 0.418 e. The van der Waals surface area contributed by atoms with Crippen molar-refractivity contribution >= 4 is 23.0 Å². The van der Waals surface area contributed by atoms with Gasteiger partial charge in [-0.25, -0.2) is 9.59 Å². The molecule has 2 aromatic heterocycles. The quantitative estimate of drug-likeness (QED) is 0.626. The fourth-order valence-electron chi connectivity index (χ4n) is 3.04. The van der Waals surface area contributed by atoms with Crippen LogP contribution in [0, 0.1) is 6.92 Å². The first kappa shape index (κ1) is 19.6. The van der Waals surface area contributed by atoms with E-state index in [0.717, 1.165) is 27.7 Å². The van der Waals surface area contributed by atoms with Gasteiger partial charge in [-0.1, -0.05) is 6.07 Å². The zero-order chi connectivity index (χ0) is 20.5. The summed E-state index contributed by atoms with van der Waals surface area (Å²) in [4.78, 5) is 28.5. The van der Waals surface area contributed by atoms with Crippen molar-refractivity contribution in [2.75, 3.05) is 7.11 Å². The average Bonchev–Trinajstić information content (AvgIpc) is 2.96. The van der Waals surface area contributed by atoms with Crippen LogP contribution in [0.4, 0.5) is 4.79 Å². The molecule has 0 atom stereocenters. The summed E-state index contributed by atoms with van der Waals surface area (Å²) in [6.45, 7) is 7.49. The lowest BCUT2D eigenvalue weighted by Gasteiger charge is -2.19. The molecule has 0 saturated heterocycles. The molecule has 6 nitrogen and oxygen atoms in total. The molecule has 0 N–H and O–H groups in total. The van der Waals surface area contributed by atoms with Crippen LogP contribution in [0.15, 0.2) is 42.7 Å². The van der Waals surface area contributed by atoms with Crippen LogP contribution in [0.25, 0.3) is 10.9 Å². The Hall–Kier alpha value is -3.15. The Morgan fingerprint density at radius 1 is 1.14 bits per heavy atom. The zero-order valence-electron chi connectivity index (χ0n) is 16.8. The number of hydrogen-bond acceptors (Lipinski definition) is 5. The minimum atomic E-state index is -0.558. The molecule has 0 amide bonds. The second-order valence-electron chi connectivity index (χ2n) is 7.72. The molecular formula is C22H24N2O4. The molecule has 2 heterocycles. The van der Waals surface area contributed by atoms with Gasteiger partial charge in [0.15, 0.2) is 0 Å². The van der Waals surface area contributed by atoms with Crippen LogP contribution >= 0.6 is 0 Å². The number of carbonyl (C=O) groups excluding carboxylic acids is 2. The lowest BCUT2D eigenvalue weighted by Crippen LogP contribution is -2.26. The molecule has 1 aromatic carbocycles. The van der Waals surface area contributed by atoms with E-state index in [-0.39, 0.29) is 5.97 Å². The predicted octanol–water partition coefficient (Wildman–Crippen LogP) is 4.51. The van der Waals surface area contributed by atoms with Crippen LogP contribution in [-0.4, -0.2) is 34.3 Å². The van der Waals surface area contributed by atoms with E-state index in [1.54, 1.807) is 24.5 Å². The van der Waals surface area contributed by atoms with E-state index < -0.39 is 11.7 Å². The van der Waals surface area contributed by atoms with Crippen molar-refractivity contribution in [2.45, 2.75) is 39.7 Å². The third-order valence-electron chi connectivity index (χ3n) is 4.28. The second kappa shape index (κ2) is 7.46. The standard InChI is InChI=1S/C22H24N2O4/c1-14-13-24(21(26)28-22(2,3)4)19-7-6-15(11-18(14)19)10-17-12-16(8-9-23-17)20(25)27-5/h6-9,11-13H,10H2,1-5H3. The second-order valence-corrected chi connectivity index (χ2v) is 7.72. The summed E-state index contributed by atoms with van der Waals surface area (Å²) >= 11 is 0. The van der Waals surface area contributed by atoms with Crippen molar-refractivity contribution in [3.63, 3.8) is 0 Å². The Morgan fingerprint density at radius 2 is 1.89 bits per heavy atom. The fraction of sp³-hybridized carbons (Fsp3) is 0.318. The van der Waals surface area contributed by atoms with Crippen LogP contribution in [-0.2, 0) is 15.9 Å². The molecule has 3 aromatic rings. The molecule has 0 fully saturated rings. The van der Waals surface area contributed by atoms with Gasteiger partial charge in [-0.3, -0.25) is 9.55 Å². The molecule has 28 heavy (non-hydrogen) atoms. The molecule has 0 radical (unpaired) electrons. The number of pyridine rings is 1. The Morgan fingerprint density at radius 3 is 2.57 bits per heavy atom. The average molecular weight is 380 g/mol. The Balaban J connectivity index is 1.90. The summed E-state index contributed by atoms with van der Waals surface area (Å²) in [5, 5.41) is 0.979. The third kappa shape index (κ3) is 4.22. The van der Waals surface area contributed by atoms with E-state index >= 15 is 0 Å². The normalized spacial score (nSPS) is 11.5. The summed E-state index contributed by atoms with van der Waals surface area (Å²) in [5.41, 5.74) is 3.50. The zero-order valence-corrected chi connectivity index (χ0v) is 16.8. The van der Waals surface area contributed by atoms with Crippen molar-refractivity contribution < 1.29 is 19.1 Å². The van der Waals surface area contributed by atoms with Crippen molar-refractivity contribution in [2.24, 2.45) is 0 Å². The molecule has 0 aliphatic heterocycles. The van der Waals surface area contributed by atoms with Gasteiger partial charge < -0.3 is 9.47 Å². The Kier molecular flexibility index (Phi) is 5.23. The van der Waals surface area contributed by atoms with Gasteiger partial charge in [0.05, 0.1) is 18.2 Å². The maximum Gasteiger partial charge on any atom is 0.418 e. The minimum Gasteiger partial charge on any atom is -0.465 e. The largest absolute Gasteiger partial charge is 0.465 e. The number of aryl methyl sites for hydroxylation is 1. The summed E-state index contributed by atoms with van der Waals surface area (Å²) in [5.74, 6) is -0.385. The van der Waals surface area contributed by atoms with Gasteiger partial charge in [0.1, 0.15) is 5.60 Å². The fourth-order valence-corrected chi connectivity index (χ4v) is 3.04. The van der Waals surface area contributed by atoms with Gasteiger partial charge in [-0.2, -0.15) is 0 Å². The molecular weight excluding hydrogens is 356 g/mol. The van der Waals surface area contributed by atoms with Crippen LogP contribution in [0.1, 0.15) is 48.0 Å². The monoisotopic (exact) mass is 380 g/mol. The topological polar surface area (TPSA) is 70.4 Å². The predicted molar refractivity (Wildman–Crippen MR) is 107 cm³/mol. The summed E-state index contributed by atoms with van der Waals surface area (Å²) < 4.78 is 11.8. The molecule has 0 saturated carbocycles. The van der Waals surface area contributed by atoms with E-state index in [0.29, 0.717) is 12.0 Å². The van der Waals surface area contributed by atoms with Crippen LogP contribution in [0.2, 0.25) is 0 Å². The maximum absolute atomic E-state index is 12.5. The summed E-state index contributed by atoms with van der Waals surface area (Å²) in [6, 6.07) is 9.26. The number of fused-ring (bicyclic) bond motifs is 1. The Bertz CT molecular complexity index is 1040. The Labute approximate surface area is 164 Å². The minimum absolute atomic E-state index is 0.385. The van der Waals surface area contributed by atoms with Gasteiger partial charge in [0.2, 0.25) is 0 Å². The maximum atomic E-state index is 12.5. The molecule has 0 spiro atoms. The first-order chi connectivity index (χ1) is 13.2. The number of benzene rings is 1. The van der Waals surface area contributed by atoms with Crippen molar-refractivity contribution in [3.8, 4) is 0 Å². The van der Waals surface area contributed by atoms with Crippen molar-refractivity contribution in [1.29, 1.82) is 0 Å². The number of nitrogens with zero attached hydrogens (tertiary/aromatic N) is 2. The molecule has 0 unspecified atom stereocenters. The lowest BCUT2D eigenvalue weighted by atomic mass is 10.0. The first-order valence-electron chi connectivity index (χ1n) is 9.05. The van der Waals surface area contributed by atoms with E-state index in [9.17, 15) is 9.59 Å². The molecule has 0 aliphatic rings. The van der Waals surface area contributed by atoms with E-state index in [4.69, 9.17) is 9.47 Å². The van der Waals surface area contributed by atoms with Crippen molar-refractivity contribution in [1.82, 2.24) is 9.55 Å². The highest BCUT2D eigenvalue weighted by Crippen LogP contribution is 2.24. The number of hydrogen-bond donors (Lipinski definition) is 0. The number of rotatable bonds is 3. The number of carbonyl (C=O) groups is 2. The number of esters is 1. The van der Waals surface area contributed by atoms with Gasteiger partial charge in [0.25, 0.3) is 0 Å². The first-order valence-corrected chi connectivity index (χ1v) is 9.05. The summed E-state index contributed by atoms with van der Waals surface area (Å²) in [6.07, 6.45) is 3.56. The van der Waals surface area contributed by atoms with E-state index in [1.807, 2.05) is 45.9 Å². The highest BCUT2D eigenvalue weighted by Gasteiger charge is 2.20. The van der Waals surface area contributed by atoms with E-state index in [1.165, 1.54) is 11.7 Å². The van der Waals surface area contributed by atoms with Crippen molar-refractivity contribution in [3.05, 3.63) is 65.1 Å². The van der Waals surface area contributed by atoms with Gasteiger partial charge in [0, 0.05) is 29.9 Å². The van der Waals surface area contributed by atoms with Gasteiger partial charge in [-0.15, -0.1) is 0 Å². The SMILES string of the molecule is COC(=O)c1ccnc(Cc2ccc3c(c2)c(C)cn3C(=O)OC(C)(C)C)c1. The lowest BCUT2D eigenvalue weighted by molar-refractivity contribution is 0.0542. The van der Waals surface area contributed by atoms with Gasteiger partial charge >= 0.3 is 12.1 Å². The molecule has 146 valence electrons.